The molecule has 1 N–H and O–H groups in total. The van der Waals surface area contributed by atoms with Gasteiger partial charge in [0.05, 0.1) is 39.6 Å². The second kappa shape index (κ2) is 20.9. The summed E-state index contributed by atoms with van der Waals surface area (Å²) in [5.74, 6) is 0. The Morgan fingerprint density at radius 2 is 0.852 bits per heavy atom. The molecule has 2 fully saturated rings. The van der Waals surface area contributed by atoms with Crippen molar-refractivity contribution in [2.24, 2.45) is 0 Å². The van der Waals surface area contributed by atoms with E-state index in [1.165, 1.54) is 7.11 Å². The van der Waals surface area contributed by atoms with Crippen LogP contribution in [-0.2, 0) is 73.8 Å². The van der Waals surface area contributed by atoms with E-state index in [2.05, 4.69) is 0 Å². The predicted octanol–water partition coefficient (Wildman–Crippen LogP) is 5.46. The maximum Gasteiger partial charge on any atom is 0.187 e. The molecule has 54 heavy (non-hydrogen) atoms. The average Bonchev–Trinajstić information content (AvgIpc) is 3.22. The molecule has 2 aliphatic heterocycles. The maximum atomic E-state index is 10.8. The van der Waals surface area contributed by atoms with E-state index in [4.69, 9.17) is 47.4 Å². The topological polar surface area (TPSA) is 113 Å². The van der Waals surface area contributed by atoms with Gasteiger partial charge >= 0.3 is 0 Å². The first kappa shape index (κ1) is 40.1. The molecule has 10 atom stereocenters. The van der Waals surface area contributed by atoms with E-state index in [9.17, 15) is 5.11 Å². The van der Waals surface area contributed by atoms with Gasteiger partial charge in [-0.25, -0.2) is 0 Å². The summed E-state index contributed by atoms with van der Waals surface area (Å²) < 4.78 is 63.0. The molecule has 11 nitrogen and oxygen atoms in total. The largest absolute Gasteiger partial charge is 0.376 e. The van der Waals surface area contributed by atoms with Crippen LogP contribution in [0, 0.1) is 0 Å². The predicted molar refractivity (Wildman–Crippen MR) is 199 cm³/mol. The van der Waals surface area contributed by atoms with Gasteiger partial charge in [0, 0.05) is 21.3 Å². The Morgan fingerprint density at radius 1 is 0.426 bits per heavy atom. The molecule has 11 heteroatoms. The fourth-order valence-corrected chi connectivity index (χ4v) is 6.90. The fraction of sp³-hybridized carbons (Fsp3) is 0.442. The lowest BCUT2D eigenvalue weighted by Gasteiger charge is -2.47. The number of hydrogen-bond donors (Lipinski definition) is 1. The van der Waals surface area contributed by atoms with Gasteiger partial charge in [0.2, 0.25) is 0 Å². The van der Waals surface area contributed by atoms with Crippen molar-refractivity contribution in [1.29, 1.82) is 0 Å². The summed E-state index contributed by atoms with van der Waals surface area (Å²) in [5, 5.41) is 10.8. The highest BCUT2D eigenvalue weighted by molar-refractivity contribution is 5.16. The zero-order valence-electron chi connectivity index (χ0n) is 31.1. The molecule has 0 bridgehead atoms. The van der Waals surface area contributed by atoms with Crippen LogP contribution in [0.4, 0.5) is 0 Å². The lowest BCUT2D eigenvalue weighted by atomic mass is 9.97. The quantitative estimate of drug-likeness (QED) is 0.132. The standard InChI is InChI=1S/C43H52O11/c1-45-36-35(53-42(44)40(47-3)38(36)46-2)29-52-43-41(51-27-33-22-14-7-15-23-33)39(50-26-32-20-12-6-13-21-32)37(49-25-31-18-10-5-11-19-31)34(54-43)28-48-24-30-16-8-4-9-17-30/h4-23,34-44H,24-29H2,1-3H3/t34?,35?,36-,37-,38?,39?,40?,41?,42+,43-/m1/s1. The molecule has 6 rings (SSSR count). The van der Waals surface area contributed by atoms with E-state index in [1.807, 2.05) is 121 Å². The minimum absolute atomic E-state index is 0.0275. The Bertz CT molecular complexity index is 1600. The lowest BCUT2D eigenvalue weighted by Crippen LogP contribution is -2.63. The van der Waals surface area contributed by atoms with E-state index in [0.29, 0.717) is 19.8 Å². The van der Waals surface area contributed by atoms with Crippen molar-refractivity contribution in [1.82, 2.24) is 0 Å². The summed E-state index contributed by atoms with van der Waals surface area (Å²) in [6, 6.07) is 39.8. The smallest absolute Gasteiger partial charge is 0.187 e. The van der Waals surface area contributed by atoms with E-state index in [0.717, 1.165) is 22.3 Å². The molecule has 2 saturated heterocycles. The van der Waals surface area contributed by atoms with Crippen molar-refractivity contribution in [2.45, 2.75) is 87.8 Å². The van der Waals surface area contributed by atoms with Crippen LogP contribution in [0.3, 0.4) is 0 Å². The first-order valence-corrected chi connectivity index (χ1v) is 18.3. The molecule has 2 aliphatic rings. The number of aliphatic hydroxyl groups excluding tert-OH is 1. The molecule has 0 spiro atoms. The van der Waals surface area contributed by atoms with Crippen molar-refractivity contribution in [3.05, 3.63) is 144 Å². The number of ether oxygens (including phenoxy) is 10. The fourth-order valence-electron chi connectivity index (χ4n) is 6.90. The molecule has 0 amide bonds. The first-order valence-electron chi connectivity index (χ1n) is 18.3. The highest BCUT2D eigenvalue weighted by Gasteiger charge is 2.51. The third-order valence-electron chi connectivity index (χ3n) is 9.69. The van der Waals surface area contributed by atoms with Crippen molar-refractivity contribution in [3.63, 3.8) is 0 Å². The summed E-state index contributed by atoms with van der Waals surface area (Å²) in [4.78, 5) is 0. The van der Waals surface area contributed by atoms with Gasteiger partial charge in [-0.1, -0.05) is 121 Å². The van der Waals surface area contributed by atoms with Crippen LogP contribution < -0.4 is 0 Å². The lowest BCUT2D eigenvalue weighted by molar-refractivity contribution is -0.345. The normalized spacial score (nSPS) is 28.5. The van der Waals surface area contributed by atoms with Crippen LogP contribution in [0.5, 0.6) is 0 Å². The highest BCUT2D eigenvalue weighted by Crippen LogP contribution is 2.33. The summed E-state index contributed by atoms with van der Waals surface area (Å²) in [5.41, 5.74) is 4.00. The average molecular weight is 745 g/mol. The third kappa shape index (κ3) is 10.8. The van der Waals surface area contributed by atoms with E-state index < -0.39 is 61.4 Å². The molecular formula is C43H52O11. The molecule has 290 valence electrons. The Kier molecular flexibility index (Phi) is 15.6. The summed E-state index contributed by atoms with van der Waals surface area (Å²) >= 11 is 0. The summed E-state index contributed by atoms with van der Waals surface area (Å²) in [7, 11) is 4.59. The van der Waals surface area contributed by atoms with Crippen molar-refractivity contribution >= 4 is 0 Å². The molecule has 6 unspecified atom stereocenters. The van der Waals surface area contributed by atoms with Crippen LogP contribution >= 0.6 is 0 Å². The monoisotopic (exact) mass is 744 g/mol. The van der Waals surface area contributed by atoms with Gasteiger partial charge in [-0.05, 0) is 22.3 Å². The molecule has 0 saturated carbocycles. The number of rotatable bonds is 19. The van der Waals surface area contributed by atoms with Gasteiger partial charge < -0.3 is 52.5 Å². The summed E-state index contributed by atoms with van der Waals surface area (Å²) in [6.45, 7) is 1.41. The third-order valence-corrected chi connectivity index (χ3v) is 9.69. The second-order valence-electron chi connectivity index (χ2n) is 13.3. The Morgan fingerprint density at radius 3 is 1.33 bits per heavy atom. The van der Waals surface area contributed by atoms with Crippen LogP contribution in [0.15, 0.2) is 121 Å². The van der Waals surface area contributed by atoms with Gasteiger partial charge in [0.25, 0.3) is 0 Å². The van der Waals surface area contributed by atoms with Gasteiger partial charge in [0.15, 0.2) is 12.6 Å². The molecular weight excluding hydrogens is 692 g/mol. The summed E-state index contributed by atoms with van der Waals surface area (Å²) in [6.07, 6.45) is -7.63. The minimum Gasteiger partial charge on any atom is -0.376 e. The molecule has 2 heterocycles. The van der Waals surface area contributed by atoms with Gasteiger partial charge in [0.1, 0.15) is 48.8 Å². The molecule has 4 aromatic carbocycles. The van der Waals surface area contributed by atoms with Crippen LogP contribution in [0.1, 0.15) is 22.3 Å². The van der Waals surface area contributed by atoms with E-state index in [1.54, 1.807) is 14.2 Å². The van der Waals surface area contributed by atoms with Crippen LogP contribution in [0.2, 0.25) is 0 Å². The minimum atomic E-state index is -1.27. The Balaban J connectivity index is 1.31. The number of benzene rings is 4. The van der Waals surface area contributed by atoms with Crippen LogP contribution in [0.25, 0.3) is 0 Å². The number of methoxy groups -OCH3 is 3. The highest BCUT2D eigenvalue weighted by atomic mass is 16.7. The van der Waals surface area contributed by atoms with E-state index in [-0.39, 0.29) is 19.8 Å². The zero-order valence-corrected chi connectivity index (χ0v) is 31.1. The SMILES string of the molecule is COC1C(OC)[C@@H](O)OC(CO[C@@H]2OC(COCc3ccccc3)[C@@H](OCc3ccccc3)C(OCc3ccccc3)C2OCc2ccccc2)[C@H]1OC. The van der Waals surface area contributed by atoms with E-state index >= 15 is 0 Å². The van der Waals surface area contributed by atoms with Crippen LogP contribution in [-0.4, -0.2) is 101 Å². The molecule has 0 aliphatic carbocycles. The van der Waals surface area contributed by atoms with Crippen molar-refractivity contribution < 1.29 is 52.5 Å². The molecule has 0 aromatic heterocycles. The Labute approximate surface area is 317 Å². The van der Waals surface area contributed by atoms with Gasteiger partial charge in [-0.15, -0.1) is 0 Å². The first-order chi connectivity index (χ1) is 26.6. The zero-order chi connectivity index (χ0) is 37.5. The Hall–Kier alpha value is -3.56. The molecule has 4 aromatic rings. The number of aliphatic hydroxyl groups is 1. The van der Waals surface area contributed by atoms with Gasteiger partial charge in [-0.2, -0.15) is 0 Å². The maximum absolute atomic E-state index is 10.8. The van der Waals surface area contributed by atoms with Crippen molar-refractivity contribution in [3.8, 4) is 0 Å². The molecule has 0 radical (unpaired) electrons. The second-order valence-corrected chi connectivity index (χ2v) is 13.3. The van der Waals surface area contributed by atoms with Gasteiger partial charge in [-0.3, -0.25) is 0 Å². The van der Waals surface area contributed by atoms with Crippen molar-refractivity contribution in [2.75, 3.05) is 34.5 Å². The number of hydrogen-bond acceptors (Lipinski definition) is 11.